The normalized spacial score (nSPS) is 11.9. The van der Waals surface area contributed by atoms with E-state index in [1.54, 1.807) is 6.20 Å². The second kappa shape index (κ2) is 9.46. The number of thioether (sulfide) groups is 1. The molecule has 1 N–H and O–H groups in total. The van der Waals surface area contributed by atoms with Crippen molar-refractivity contribution >= 4 is 35.5 Å². The van der Waals surface area contributed by atoms with Crippen LogP contribution in [0.3, 0.4) is 0 Å². The van der Waals surface area contributed by atoms with E-state index in [4.69, 9.17) is 11.6 Å². The van der Waals surface area contributed by atoms with E-state index in [-0.39, 0.29) is 0 Å². The van der Waals surface area contributed by atoms with Crippen LogP contribution in [0, 0.1) is 0 Å². The average Bonchev–Trinajstić information content (AvgIpc) is 3.16. The van der Waals surface area contributed by atoms with E-state index >= 15 is 0 Å². The number of carbonyl (C=O) groups excluding carboxylic acids is 1. The minimum atomic E-state index is 0.407. The maximum Gasteiger partial charge on any atom is 0.211 e. The lowest BCUT2D eigenvalue weighted by atomic mass is 10.1. The van der Waals surface area contributed by atoms with Gasteiger partial charge in [0.2, 0.25) is 6.41 Å². The van der Waals surface area contributed by atoms with Gasteiger partial charge in [0.1, 0.15) is 0 Å². The Balaban J connectivity index is 1.65. The SMILES string of the molecule is O=CNc1ccc(SC(CCc2ccc(Cl)cc2)Cn2ccnc2)cc1. The Morgan fingerprint density at radius 3 is 2.58 bits per heavy atom. The molecule has 0 saturated carbocycles. The van der Waals surface area contributed by atoms with Gasteiger partial charge in [0.15, 0.2) is 0 Å². The van der Waals surface area contributed by atoms with Crippen molar-refractivity contribution in [1.82, 2.24) is 9.55 Å². The Kier molecular flexibility index (Phi) is 6.75. The van der Waals surface area contributed by atoms with Gasteiger partial charge in [-0.15, -0.1) is 11.8 Å². The fourth-order valence-electron chi connectivity index (χ4n) is 2.69. The second-order valence-corrected chi connectivity index (χ2v) is 7.76. The summed E-state index contributed by atoms with van der Waals surface area (Å²) in [5, 5.41) is 3.84. The highest BCUT2D eigenvalue weighted by atomic mass is 35.5. The summed E-state index contributed by atoms with van der Waals surface area (Å²) in [5.41, 5.74) is 2.09. The first kappa shape index (κ1) is 18.5. The molecule has 3 rings (SSSR count). The number of amides is 1. The van der Waals surface area contributed by atoms with Gasteiger partial charge in [0.05, 0.1) is 6.33 Å². The highest BCUT2D eigenvalue weighted by molar-refractivity contribution is 8.00. The van der Waals surface area contributed by atoms with Crippen LogP contribution in [0.4, 0.5) is 5.69 Å². The van der Waals surface area contributed by atoms with E-state index < -0.39 is 0 Å². The Hall–Kier alpha value is -2.24. The van der Waals surface area contributed by atoms with Gasteiger partial charge >= 0.3 is 0 Å². The molecule has 0 aliphatic rings. The number of halogens is 1. The third-order valence-corrected chi connectivity index (χ3v) is 5.54. The number of hydrogen-bond donors (Lipinski definition) is 1. The van der Waals surface area contributed by atoms with Crippen molar-refractivity contribution in [3.8, 4) is 0 Å². The second-order valence-electron chi connectivity index (χ2n) is 5.95. The number of anilines is 1. The number of rotatable bonds is 9. The first-order valence-corrected chi connectivity index (χ1v) is 9.66. The van der Waals surface area contributed by atoms with Crippen LogP contribution in [0.15, 0.2) is 72.1 Å². The molecule has 1 aromatic heterocycles. The van der Waals surface area contributed by atoms with Crippen LogP contribution in [0.1, 0.15) is 12.0 Å². The summed E-state index contributed by atoms with van der Waals surface area (Å²) in [4.78, 5) is 15.8. The van der Waals surface area contributed by atoms with E-state index in [0.29, 0.717) is 11.7 Å². The largest absolute Gasteiger partial charge is 0.336 e. The number of imidazole rings is 1. The maximum absolute atomic E-state index is 10.5. The Labute approximate surface area is 162 Å². The molecular weight excluding hydrogens is 366 g/mol. The molecule has 1 heterocycles. The lowest BCUT2D eigenvalue weighted by Crippen LogP contribution is -2.13. The van der Waals surface area contributed by atoms with Crippen molar-refractivity contribution in [2.45, 2.75) is 29.5 Å². The predicted molar refractivity (Wildman–Crippen MR) is 108 cm³/mol. The molecule has 0 fully saturated rings. The standard InChI is InChI=1S/C20H20ClN3OS/c21-17-4-1-16(2-5-17)3-8-20(13-24-12-11-22-14-24)26-19-9-6-18(7-10-19)23-15-25/h1-2,4-7,9-12,14-15,20H,3,8,13H2,(H,23,25). The maximum atomic E-state index is 10.5. The van der Waals surface area contributed by atoms with Gasteiger partial charge < -0.3 is 9.88 Å². The van der Waals surface area contributed by atoms with Gasteiger partial charge in [0.25, 0.3) is 0 Å². The minimum Gasteiger partial charge on any atom is -0.336 e. The molecule has 0 spiro atoms. The lowest BCUT2D eigenvalue weighted by molar-refractivity contribution is -0.105. The van der Waals surface area contributed by atoms with Crippen LogP contribution in [0.25, 0.3) is 0 Å². The van der Waals surface area contributed by atoms with Crippen LogP contribution in [-0.2, 0) is 17.8 Å². The van der Waals surface area contributed by atoms with Crippen molar-refractivity contribution in [3.05, 3.63) is 77.8 Å². The Bertz CT molecular complexity index is 804. The third-order valence-electron chi connectivity index (χ3n) is 4.02. The molecule has 0 aliphatic heterocycles. The first-order chi connectivity index (χ1) is 12.7. The molecule has 134 valence electrons. The summed E-state index contributed by atoms with van der Waals surface area (Å²) >= 11 is 7.82. The number of aryl methyl sites for hydroxylation is 1. The molecule has 1 atom stereocenters. The molecule has 26 heavy (non-hydrogen) atoms. The summed E-state index contributed by atoms with van der Waals surface area (Å²) in [6.07, 6.45) is 8.38. The molecule has 0 radical (unpaired) electrons. The molecule has 0 saturated heterocycles. The van der Waals surface area contributed by atoms with Crippen LogP contribution in [0.2, 0.25) is 5.02 Å². The number of hydrogen-bond acceptors (Lipinski definition) is 3. The van der Waals surface area contributed by atoms with Crippen molar-refractivity contribution in [1.29, 1.82) is 0 Å². The summed E-state index contributed by atoms with van der Waals surface area (Å²) < 4.78 is 2.11. The zero-order chi connectivity index (χ0) is 18.2. The number of carbonyl (C=O) groups is 1. The van der Waals surface area contributed by atoms with Gasteiger partial charge in [-0.1, -0.05) is 23.7 Å². The highest BCUT2D eigenvalue weighted by Gasteiger charge is 2.12. The number of aromatic nitrogens is 2. The average molecular weight is 386 g/mol. The quantitative estimate of drug-likeness (QED) is 0.421. The van der Waals surface area contributed by atoms with Gasteiger partial charge in [-0.05, 0) is 54.8 Å². The van der Waals surface area contributed by atoms with E-state index in [1.165, 1.54) is 10.5 Å². The molecule has 1 unspecified atom stereocenters. The zero-order valence-corrected chi connectivity index (χ0v) is 15.8. The molecule has 3 aromatic rings. The molecule has 2 aromatic carbocycles. The molecule has 0 bridgehead atoms. The number of benzene rings is 2. The van der Waals surface area contributed by atoms with Gasteiger partial charge in [-0.25, -0.2) is 4.98 Å². The molecular formula is C20H20ClN3OS. The third kappa shape index (κ3) is 5.64. The number of nitrogens with zero attached hydrogens (tertiary/aromatic N) is 2. The van der Waals surface area contributed by atoms with Crippen molar-refractivity contribution in [2.75, 3.05) is 5.32 Å². The molecule has 6 heteroatoms. The Morgan fingerprint density at radius 2 is 1.92 bits per heavy atom. The van der Waals surface area contributed by atoms with Crippen molar-refractivity contribution < 1.29 is 4.79 Å². The summed E-state index contributed by atoms with van der Waals surface area (Å²) in [6.45, 7) is 0.895. The smallest absolute Gasteiger partial charge is 0.211 e. The van der Waals surface area contributed by atoms with Crippen LogP contribution < -0.4 is 5.32 Å². The lowest BCUT2D eigenvalue weighted by Gasteiger charge is -2.17. The van der Waals surface area contributed by atoms with Crippen LogP contribution in [0.5, 0.6) is 0 Å². The van der Waals surface area contributed by atoms with E-state index in [2.05, 4.69) is 27.0 Å². The predicted octanol–water partition coefficient (Wildman–Crippen LogP) is 4.90. The fraction of sp³-hybridized carbons (Fsp3) is 0.200. The van der Waals surface area contributed by atoms with E-state index in [9.17, 15) is 4.79 Å². The van der Waals surface area contributed by atoms with E-state index in [0.717, 1.165) is 30.1 Å². The summed E-state index contributed by atoms with van der Waals surface area (Å²) in [5.74, 6) is 0. The highest BCUT2D eigenvalue weighted by Crippen LogP contribution is 2.29. The fourth-order valence-corrected chi connectivity index (χ4v) is 3.97. The van der Waals surface area contributed by atoms with E-state index in [1.807, 2.05) is 60.7 Å². The van der Waals surface area contributed by atoms with Gasteiger partial charge in [-0.2, -0.15) is 0 Å². The monoisotopic (exact) mass is 385 g/mol. The van der Waals surface area contributed by atoms with Crippen molar-refractivity contribution in [2.24, 2.45) is 0 Å². The van der Waals surface area contributed by atoms with Crippen molar-refractivity contribution in [3.63, 3.8) is 0 Å². The summed E-state index contributed by atoms with van der Waals surface area (Å²) in [6, 6.07) is 16.0. The topological polar surface area (TPSA) is 46.9 Å². The molecule has 0 aliphatic carbocycles. The summed E-state index contributed by atoms with van der Waals surface area (Å²) in [7, 11) is 0. The minimum absolute atomic E-state index is 0.407. The Morgan fingerprint density at radius 1 is 1.15 bits per heavy atom. The van der Waals surface area contributed by atoms with Gasteiger partial charge in [-0.3, -0.25) is 4.79 Å². The van der Waals surface area contributed by atoms with Crippen LogP contribution >= 0.6 is 23.4 Å². The van der Waals surface area contributed by atoms with Gasteiger partial charge in [0, 0.05) is 39.8 Å². The zero-order valence-electron chi connectivity index (χ0n) is 14.2. The molecule has 1 amide bonds. The molecule has 4 nitrogen and oxygen atoms in total. The first-order valence-electron chi connectivity index (χ1n) is 8.40. The number of nitrogens with one attached hydrogen (secondary N) is 1. The van der Waals surface area contributed by atoms with Crippen LogP contribution in [-0.4, -0.2) is 21.2 Å².